The van der Waals surface area contributed by atoms with Gasteiger partial charge in [0.05, 0.1) is 5.69 Å². The van der Waals surface area contributed by atoms with Crippen molar-refractivity contribution in [3.05, 3.63) is 41.4 Å². The predicted octanol–water partition coefficient (Wildman–Crippen LogP) is 3.39. The highest BCUT2D eigenvalue weighted by Crippen LogP contribution is 2.21. The van der Waals surface area contributed by atoms with Crippen molar-refractivity contribution >= 4 is 22.4 Å². The lowest BCUT2D eigenvalue weighted by Gasteiger charge is -2.30. The van der Waals surface area contributed by atoms with Crippen LogP contribution in [0.3, 0.4) is 0 Å². The molecule has 0 radical (unpaired) electrons. The number of carbonyl (C=O) groups excluding carboxylic acids is 1. The maximum absolute atomic E-state index is 11.9. The number of thiazole rings is 1. The molecule has 2 aromatic rings. The van der Waals surface area contributed by atoms with Gasteiger partial charge in [0.2, 0.25) is 0 Å². The number of nitrogens with one attached hydrogen (secondary N) is 1. The fraction of sp³-hybridized carbons (Fsp3) is 0.444. The van der Waals surface area contributed by atoms with Crippen molar-refractivity contribution in [1.29, 1.82) is 0 Å². The monoisotopic (exact) mass is 345 g/mol. The number of nitrogens with zero attached hydrogens (tertiary/aromatic N) is 2. The summed E-state index contributed by atoms with van der Waals surface area (Å²) in [5, 5.41) is 5.46. The predicted molar refractivity (Wildman–Crippen MR) is 96.4 cm³/mol. The van der Waals surface area contributed by atoms with E-state index in [0.717, 1.165) is 31.2 Å². The molecule has 1 saturated heterocycles. The number of para-hydroxylation sites is 1. The lowest BCUT2D eigenvalue weighted by atomic mass is 10.0. The summed E-state index contributed by atoms with van der Waals surface area (Å²) in [4.78, 5) is 18.9. The Labute approximate surface area is 146 Å². The zero-order chi connectivity index (χ0) is 16.8. The molecule has 3 rings (SSSR count). The molecule has 1 unspecified atom stereocenters. The second-order valence-corrected chi connectivity index (χ2v) is 7.13. The van der Waals surface area contributed by atoms with E-state index in [4.69, 9.17) is 4.74 Å². The van der Waals surface area contributed by atoms with Crippen molar-refractivity contribution in [2.24, 2.45) is 5.92 Å². The summed E-state index contributed by atoms with van der Waals surface area (Å²) in [7, 11) is 0. The summed E-state index contributed by atoms with van der Waals surface area (Å²) in [6.07, 6.45) is 2.57. The lowest BCUT2D eigenvalue weighted by molar-refractivity contribution is -0.118. The lowest BCUT2D eigenvalue weighted by Crippen LogP contribution is -2.33. The number of hydrogen-bond donors (Lipinski definition) is 1. The number of carbonyl (C=O) groups is 1. The van der Waals surface area contributed by atoms with E-state index >= 15 is 0 Å². The molecular weight excluding hydrogens is 322 g/mol. The average Bonchev–Trinajstić information content (AvgIpc) is 3.01. The van der Waals surface area contributed by atoms with Crippen LogP contribution in [-0.4, -0.2) is 35.5 Å². The average molecular weight is 345 g/mol. The van der Waals surface area contributed by atoms with E-state index in [9.17, 15) is 4.79 Å². The third-order valence-corrected chi connectivity index (χ3v) is 4.84. The Hall–Kier alpha value is -1.92. The van der Waals surface area contributed by atoms with E-state index in [1.54, 1.807) is 0 Å². The first-order chi connectivity index (χ1) is 11.7. The van der Waals surface area contributed by atoms with E-state index in [1.807, 2.05) is 35.7 Å². The number of rotatable bonds is 6. The van der Waals surface area contributed by atoms with Crippen LogP contribution in [0, 0.1) is 5.92 Å². The third-order valence-electron chi connectivity index (χ3n) is 4.04. The molecule has 5 nitrogen and oxygen atoms in total. The van der Waals surface area contributed by atoms with Gasteiger partial charge in [-0.25, -0.2) is 4.98 Å². The van der Waals surface area contributed by atoms with Crippen molar-refractivity contribution in [3.63, 3.8) is 0 Å². The van der Waals surface area contributed by atoms with Gasteiger partial charge in [0, 0.05) is 18.5 Å². The van der Waals surface area contributed by atoms with E-state index in [-0.39, 0.29) is 12.5 Å². The molecule has 1 amide bonds. The maximum atomic E-state index is 11.9. The number of hydrogen-bond acceptors (Lipinski definition) is 5. The van der Waals surface area contributed by atoms with Crippen LogP contribution in [0.15, 0.2) is 35.7 Å². The van der Waals surface area contributed by atoms with E-state index in [0.29, 0.717) is 10.9 Å². The van der Waals surface area contributed by atoms with Crippen molar-refractivity contribution in [1.82, 2.24) is 9.88 Å². The molecule has 0 saturated carbocycles. The molecule has 1 fully saturated rings. The van der Waals surface area contributed by atoms with Crippen LogP contribution in [-0.2, 0) is 11.3 Å². The number of benzene rings is 1. The minimum absolute atomic E-state index is 0.0113. The summed E-state index contributed by atoms with van der Waals surface area (Å²) in [6, 6.07) is 9.32. The second-order valence-electron chi connectivity index (χ2n) is 6.28. The molecule has 0 spiro atoms. The van der Waals surface area contributed by atoms with Crippen molar-refractivity contribution in [2.45, 2.75) is 26.3 Å². The normalized spacial score (nSPS) is 18.3. The van der Waals surface area contributed by atoms with Gasteiger partial charge in [0.1, 0.15) is 5.75 Å². The fourth-order valence-electron chi connectivity index (χ4n) is 2.92. The van der Waals surface area contributed by atoms with Crippen LogP contribution in [0.25, 0.3) is 0 Å². The molecule has 6 heteroatoms. The Morgan fingerprint density at radius 1 is 1.42 bits per heavy atom. The minimum Gasteiger partial charge on any atom is -0.484 e. The molecule has 1 aromatic carbocycles. The Kier molecular flexibility index (Phi) is 5.82. The van der Waals surface area contributed by atoms with Gasteiger partial charge in [-0.15, -0.1) is 11.3 Å². The van der Waals surface area contributed by atoms with E-state index < -0.39 is 0 Å². The van der Waals surface area contributed by atoms with Crippen molar-refractivity contribution in [3.8, 4) is 5.75 Å². The second kappa shape index (κ2) is 8.26. The van der Waals surface area contributed by atoms with Crippen LogP contribution >= 0.6 is 11.3 Å². The summed E-state index contributed by atoms with van der Waals surface area (Å²) in [5.74, 6) is 1.25. The van der Waals surface area contributed by atoms with Gasteiger partial charge in [0.25, 0.3) is 5.91 Å². The van der Waals surface area contributed by atoms with Crippen LogP contribution in [0.2, 0.25) is 0 Å². The number of anilines is 1. The van der Waals surface area contributed by atoms with Crippen LogP contribution < -0.4 is 10.1 Å². The zero-order valence-electron chi connectivity index (χ0n) is 13.9. The topological polar surface area (TPSA) is 54.5 Å². The summed E-state index contributed by atoms with van der Waals surface area (Å²) >= 11 is 1.46. The minimum atomic E-state index is -0.189. The van der Waals surface area contributed by atoms with Gasteiger partial charge in [-0.2, -0.15) is 0 Å². The van der Waals surface area contributed by atoms with E-state index in [2.05, 4.69) is 22.1 Å². The Morgan fingerprint density at radius 3 is 3.04 bits per heavy atom. The first kappa shape index (κ1) is 16.9. The summed E-state index contributed by atoms with van der Waals surface area (Å²) < 4.78 is 5.44. The highest BCUT2D eigenvalue weighted by atomic mass is 32.1. The van der Waals surface area contributed by atoms with Crippen LogP contribution in [0.4, 0.5) is 5.13 Å². The molecule has 1 aliphatic heterocycles. The molecule has 1 atom stereocenters. The SMILES string of the molecule is CC1CCCN(Cc2csc(NC(=O)COc3ccccc3)n2)C1. The first-order valence-electron chi connectivity index (χ1n) is 8.33. The Morgan fingerprint density at radius 2 is 2.25 bits per heavy atom. The number of aromatic nitrogens is 1. The van der Waals surface area contributed by atoms with Gasteiger partial charge in [0.15, 0.2) is 11.7 Å². The third kappa shape index (κ3) is 5.04. The quantitative estimate of drug-likeness (QED) is 0.872. The Bertz CT molecular complexity index is 659. The zero-order valence-corrected chi connectivity index (χ0v) is 14.7. The molecular formula is C18H23N3O2S. The van der Waals surface area contributed by atoms with Crippen LogP contribution in [0.5, 0.6) is 5.75 Å². The standard InChI is InChI=1S/C18H23N3O2S/c1-14-6-5-9-21(10-14)11-15-13-24-18(19-15)20-17(22)12-23-16-7-3-2-4-8-16/h2-4,7-8,13-14H,5-6,9-12H2,1H3,(H,19,20,22). The number of ether oxygens (including phenoxy) is 1. The Balaban J connectivity index is 1.46. The molecule has 0 bridgehead atoms. The highest BCUT2D eigenvalue weighted by molar-refractivity contribution is 7.13. The van der Waals surface area contributed by atoms with Gasteiger partial charge in [-0.3, -0.25) is 15.0 Å². The molecule has 128 valence electrons. The highest BCUT2D eigenvalue weighted by Gasteiger charge is 2.17. The molecule has 0 aliphatic carbocycles. The molecule has 1 aliphatic rings. The van der Waals surface area contributed by atoms with Crippen molar-refractivity contribution < 1.29 is 9.53 Å². The molecule has 1 aromatic heterocycles. The summed E-state index contributed by atoms with van der Waals surface area (Å²) in [6.45, 7) is 5.41. The smallest absolute Gasteiger partial charge is 0.264 e. The van der Waals surface area contributed by atoms with Crippen LogP contribution in [0.1, 0.15) is 25.5 Å². The van der Waals surface area contributed by atoms with Crippen molar-refractivity contribution in [2.75, 3.05) is 25.0 Å². The van der Waals surface area contributed by atoms with E-state index in [1.165, 1.54) is 24.2 Å². The number of amides is 1. The van der Waals surface area contributed by atoms with Gasteiger partial charge in [-0.1, -0.05) is 25.1 Å². The summed E-state index contributed by atoms with van der Waals surface area (Å²) in [5.41, 5.74) is 1.02. The first-order valence-corrected chi connectivity index (χ1v) is 9.21. The maximum Gasteiger partial charge on any atom is 0.264 e. The van der Waals surface area contributed by atoms with Gasteiger partial charge < -0.3 is 4.74 Å². The molecule has 2 heterocycles. The largest absolute Gasteiger partial charge is 0.484 e. The van der Waals surface area contributed by atoms with Gasteiger partial charge in [-0.05, 0) is 37.4 Å². The molecule has 1 N–H and O–H groups in total. The molecule has 24 heavy (non-hydrogen) atoms. The fourth-order valence-corrected chi connectivity index (χ4v) is 3.63. The van der Waals surface area contributed by atoms with Gasteiger partial charge >= 0.3 is 0 Å². The number of piperidine rings is 1. The number of likely N-dealkylation sites (tertiary alicyclic amines) is 1.